The van der Waals surface area contributed by atoms with E-state index in [9.17, 15) is 14.9 Å². The summed E-state index contributed by atoms with van der Waals surface area (Å²) in [6.45, 7) is -0.293. The number of nitrogen functional groups attached to an aromatic ring is 1. The van der Waals surface area contributed by atoms with E-state index < -0.39 is 10.5 Å². The summed E-state index contributed by atoms with van der Waals surface area (Å²) in [5, 5.41) is 20.2. The van der Waals surface area contributed by atoms with E-state index in [0.29, 0.717) is 10.5 Å². The maximum absolute atomic E-state index is 11.3. The summed E-state index contributed by atoms with van der Waals surface area (Å²) < 4.78 is 0. The Balaban J connectivity index is 2.42. The predicted octanol–water partition coefficient (Wildman–Crippen LogP) is 0.904. The number of H-pyrrole nitrogens is 1. The van der Waals surface area contributed by atoms with Gasteiger partial charge in [0.2, 0.25) is 0 Å². The molecule has 0 saturated heterocycles. The van der Waals surface area contributed by atoms with Gasteiger partial charge in [-0.15, -0.1) is 0 Å². The quantitative estimate of drug-likeness (QED) is 0.433. The molecule has 0 aliphatic heterocycles. The van der Waals surface area contributed by atoms with E-state index in [-0.39, 0.29) is 23.3 Å². The van der Waals surface area contributed by atoms with Crippen molar-refractivity contribution in [2.24, 2.45) is 0 Å². The van der Waals surface area contributed by atoms with Crippen molar-refractivity contribution in [3.8, 4) is 0 Å². The largest absolute Gasteiger partial charge is 0.392 e. The fourth-order valence-corrected chi connectivity index (χ4v) is 2.38. The minimum Gasteiger partial charge on any atom is -0.392 e. The lowest BCUT2D eigenvalue weighted by Crippen LogP contribution is -2.09. The van der Waals surface area contributed by atoms with Crippen molar-refractivity contribution in [3.63, 3.8) is 0 Å². The molecular weight excluding hydrogens is 284 g/mol. The molecule has 0 amide bonds. The number of aliphatic hydroxyl groups is 1. The highest BCUT2D eigenvalue weighted by Gasteiger charge is 2.16. The standard InChI is InChI=1S/C11H10N4O4S/c12-9-4-10(17)14-11(13-9)20-8-2-1-6(5-16)3-7(8)15(18)19/h1-4,16H,5H2,(H3,12,13,14,17). The Morgan fingerprint density at radius 3 is 2.80 bits per heavy atom. The normalized spacial score (nSPS) is 10.4. The fourth-order valence-electron chi connectivity index (χ4n) is 1.50. The van der Waals surface area contributed by atoms with Crippen LogP contribution < -0.4 is 11.3 Å². The number of hydrogen-bond acceptors (Lipinski definition) is 7. The lowest BCUT2D eigenvalue weighted by atomic mass is 10.2. The number of nitro benzene ring substituents is 1. The molecule has 0 aliphatic carbocycles. The number of aliphatic hydroxyl groups excluding tert-OH is 1. The van der Waals surface area contributed by atoms with Crippen LogP contribution in [0.2, 0.25) is 0 Å². The van der Waals surface area contributed by atoms with Crippen molar-refractivity contribution >= 4 is 23.3 Å². The second kappa shape index (κ2) is 5.72. The predicted molar refractivity (Wildman–Crippen MR) is 72.4 cm³/mol. The first-order valence-electron chi connectivity index (χ1n) is 5.42. The summed E-state index contributed by atoms with van der Waals surface area (Å²) in [4.78, 5) is 28.3. The second-order valence-corrected chi connectivity index (χ2v) is 4.83. The van der Waals surface area contributed by atoms with Crippen molar-refractivity contribution in [3.05, 3.63) is 50.3 Å². The first-order valence-corrected chi connectivity index (χ1v) is 6.24. The van der Waals surface area contributed by atoms with Crippen molar-refractivity contribution in [1.82, 2.24) is 9.97 Å². The number of nitrogens with two attached hydrogens (primary N) is 1. The molecule has 1 aromatic heterocycles. The van der Waals surface area contributed by atoms with Gasteiger partial charge in [-0.1, -0.05) is 6.07 Å². The molecule has 1 aromatic carbocycles. The highest BCUT2D eigenvalue weighted by Crippen LogP contribution is 2.33. The Bertz CT molecular complexity index is 716. The minimum atomic E-state index is -0.564. The molecule has 0 saturated carbocycles. The van der Waals surface area contributed by atoms with Crippen molar-refractivity contribution in [2.75, 3.05) is 5.73 Å². The summed E-state index contributed by atoms with van der Waals surface area (Å²) in [7, 11) is 0. The Morgan fingerprint density at radius 2 is 2.20 bits per heavy atom. The number of benzene rings is 1. The Morgan fingerprint density at radius 1 is 1.45 bits per heavy atom. The van der Waals surface area contributed by atoms with Crippen LogP contribution in [0, 0.1) is 10.1 Å². The topological polar surface area (TPSA) is 135 Å². The lowest BCUT2D eigenvalue weighted by molar-refractivity contribution is -0.387. The molecule has 0 radical (unpaired) electrons. The van der Waals surface area contributed by atoms with E-state index in [1.54, 1.807) is 6.07 Å². The zero-order valence-electron chi connectivity index (χ0n) is 10.1. The molecule has 9 heteroatoms. The van der Waals surface area contributed by atoms with Crippen LogP contribution in [0.4, 0.5) is 11.5 Å². The average molecular weight is 294 g/mol. The van der Waals surface area contributed by atoms with E-state index in [1.807, 2.05) is 0 Å². The molecule has 2 aromatic rings. The number of nitrogens with zero attached hydrogens (tertiary/aromatic N) is 2. The second-order valence-electron chi connectivity index (χ2n) is 3.79. The zero-order chi connectivity index (χ0) is 14.7. The van der Waals surface area contributed by atoms with Crippen molar-refractivity contribution < 1.29 is 10.0 Å². The molecule has 0 fully saturated rings. The van der Waals surface area contributed by atoms with Gasteiger partial charge in [0, 0.05) is 12.1 Å². The molecule has 0 aliphatic rings. The zero-order valence-corrected chi connectivity index (χ0v) is 10.9. The third kappa shape index (κ3) is 3.13. The first-order chi connectivity index (χ1) is 9.49. The number of aromatic amines is 1. The fraction of sp³-hybridized carbons (Fsp3) is 0.0909. The van der Waals surface area contributed by atoms with Gasteiger partial charge in [-0.05, 0) is 23.4 Å². The van der Waals surface area contributed by atoms with Crippen molar-refractivity contribution in [2.45, 2.75) is 16.7 Å². The molecule has 2 rings (SSSR count). The van der Waals surface area contributed by atoms with E-state index in [1.165, 1.54) is 12.1 Å². The van der Waals surface area contributed by atoms with Crippen LogP contribution in [0.1, 0.15) is 5.56 Å². The number of rotatable bonds is 4. The van der Waals surface area contributed by atoms with Crippen LogP contribution in [0.25, 0.3) is 0 Å². The summed E-state index contributed by atoms with van der Waals surface area (Å²) in [5.74, 6) is 0.0332. The van der Waals surface area contributed by atoms with Crippen LogP contribution in [-0.4, -0.2) is 20.0 Å². The summed E-state index contributed by atoms with van der Waals surface area (Å²) >= 11 is 0.920. The molecule has 1 heterocycles. The third-order valence-electron chi connectivity index (χ3n) is 2.35. The number of hydrogen-bond donors (Lipinski definition) is 3. The molecular formula is C11H10N4O4S. The van der Waals surface area contributed by atoms with E-state index in [4.69, 9.17) is 10.8 Å². The average Bonchev–Trinajstić information content (AvgIpc) is 2.37. The molecule has 0 spiro atoms. The van der Waals surface area contributed by atoms with Crippen LogP contribution >= 0.6 is 11.8 Å². The number of aromatic nitrogens is 2. The van der Waals surface area contributed by atoms with Gasteiger partial charge in [0.1, 0.15) is 5.82 Å². The SMILES string of the molecule is Nc1cc(=O)[nH]c(Sc2ccc(CO)cc2[N+](=O)[O-])n1. The monoisotopic (exact) mass is 294 g/mol. The maximum Gasteiger partial charge on any atom is 0.283 e. The van der Waals surface area contributed by atoms with Gasteiger partial charge >= 0.3 is 0 Å². The molecule has 20 heavy (non-hydrogen) atoms. The molecule has 8 nitrogen and oxygen atoms in total. The van der Waals surface area contributed by atoms with Gasteiger partial charge in [-0.3, -0.25) is 14.9 Å². The highest BCUT2D eigenvalue weighted by molar-refractivity contribution is 7.99. The van der Waals surface area contributed by atoms with Crippen molar-refractivity contribution in [1.29, 1.82) is 0 Å². The highest BCUT2D eigenvalue weighted by atomic mass is 32.2. The first kappa shape index (κ1) is 14.0. The van der Waals surface area contributed by atoms with Gasteiger partial charge in [0.15, 0.2) is 5.16 Å². The van der Waals surface area contributed by atoms with Gasteiger partial charge in [-0.2, -0.15) is 0 Å². The molecule has 0 unspecified atom stereocenters. The number of nitro groups is 1. The third-order valence-corrected chi connectivity index (χ3v) is 3.30. The Hall–Kier alpha value is -2.39. The maximum atomic E-state index is 11.3. The van der Waals surface area contributed by atoms with Gasteiger partial charge in [-0.25, -0.2) is 4.98 Å². The molecule has 104 valence electrons. The Kier molecular flexibility index (Phi) is 4.01. The summed E-state index contributed by atoms with van der Waals surface area (Å²) in [6.07, 6.45) is 0. The van der Waals surface area contributed by atoms with E-state index in [2.05, 4.69) is 9.97 Å². The van der Waals surface area contributed by atoms with E-state index >= 15 is 0 Å². The van der Waals surface area contributed by atoms with Gasteiger partial charge < -0.3 is 15.8 Å². The van der Waals surface area contributed by atoms with Crippen LogP contribution in [0.15, 0.2) is 39.1 Å². The summed E-state index contributed by atoms with van der Waals surface area (Å²) in [5.41, 5.74) is 5.26. The van der Waals surface area contributed by atoms with E-state index in [0.717, 1.165) is 17.8 Å². The number of anilines is 1. The molecule has 0 bridgehead atoms. The van der Waals surface area contributed by atoms with Crippen LogP contribution in [0.3, 0.4) is 0 Å². The Labute approximate surface area is 116 Å². The summed E-state index contributed by atoms with van der Waals surface area (Å²) in [6, 6.07) is 5.43. The van der Waals surface area contributed by atoms with Crippen LogP contribution in [0.5, 0.6) is 0 Å². The van der Waals surface area contributed by atoms with Gasteiger partial charge in [0.05, 0.1) is 16.4 Å². The number of nitrogens with one attached hydrogen (secondary N) is 1. The minimum absolute atomic E-state index is 0.0332. The van der Waals surface area contributed by atoms with Crippen LogP contribution in [-0.2, 0) is 6.61 Å². The smallest absolute Gasteiger partial charge is 0.283 e. The molecule has 0 atom stereocenters. The van der Waals surface area contributed by atoms with Gasteiger partial charge in [0.25, 0.3) is 11.2 Å². The molecule has 4 N–H and O–H groups in total. The lowest BCUT2D eigenvalue weighted by Gasteiger charge is -2.04.